The monoisotopic (exact) mass is 602 g/mol. The molecule has 0 spiro atoms. The third-order valence-electron chi connectivity index (χ3n) is 7.56. The number of nitrogens with zero attached hydrogens (tertiary/aromatic N) is 1. The van der Waals surface area contributed by atoms with Gasteiger partial charge >= 0.3 is 18.9 Å². The molecule has 0 bridgehead atoms. The summed E-state index contributed by atoms with van der Waals surface area (Å²) in [5.74, 6) is -2.06. The maximum absolute atomic E-state index is 14.0. The quantitative estimate of drug-likeness (QED) is 0.302. The number of benzene rings is 3. The minimum absolute atomic E-state index is 0. The predicted molar refractivity (Wildman–Crippen MR) is 160 cm³/mol. The van der Waals surface area contributed by atoms with Crippen LogP contribution in [0.5, 0.6) is 0 Å². The van der Waals surface area contributed by atoms with E-state index in [0.717, 1.165) is 42.1 Å². The fraction of sp³-hybridized carbons (Fsp3) is 0.394. The summed E-state index contributed by atoms with van der Waals surface area (Å²) in [6.07, 6.45) is 3.96. The smallest absolute Gasteiger partial charge is 0.548 e. The van der Waals surface area contributed by atoms with Gasteiger partial charge in [-0.1, -0.05) is 30.3 Å². The van der Waals surface area contributed by atoms with Gasteiger partial charge in [0.2, 0.25) is 0 Å². The summed E-state index contributed by atoms with van der Waals surface area (Å²) >= 11 is 1.50. The molecule has 0 aliphatic carbocycles. The Bertz CT molecular complexity index is 1370. The van der Waals surface area contributed by atoms with Crippen molar-refractivity contribution in [3.8, 4) is 11.1 Å². The van der Waals surface area contributed by atoms with Gasteiger partial charge in [0.25, 0.3) is 5.91 Å². The Kier molecular flexibility index (Phi) is 13.7. The minimum atomic E-state index is -1.32. The Balaban J connectivity index is 0.00000506. The Morgan fingerprint density at radius 3 is 2.33 bits per heavy atom. The van der Waals surface area contributed by atoms with Crippen LogP contribution in [0, 0.1) is 24.5 Å². The number of ether oxygens (including phenoxy) is 1. The molecular weight excluding hydrogens is 565 g/mol. The molecule has 1 saturated heterocycles. The standard InChI is InChI=1S/C33H38F2N2O4S.Li/c1-22-5-3-4-6-28(22)30-17-24(7-8-29(30)32(38)36-31(33(39)40)11-14-42-2)20-37(19-23-9-12-41-13-10-23)21-25-15-26(34)18-27(35)16-25;/h3-8,15-18,23,31H,9-14,19-21H2,1-2H3,(H,36,38)(H,39,40);/q;+1/p-1/t31-;/m0./s1. The molecule has 3 aromatic carbocycles. The van der Waals surface area contributed by atoms with Gasteiger partial charge in [0.1, 0.15) is 11.6 Å². The number of carboxylic acid groups (broad SMARTS) is 1. The van der Waals surface area contributed by atoms with Crippen molar-refractivity contribution in [2.75, 3.05) is 31.8 Å². The molecule has 224 valence electrons. The number of aryl methyl sites for hydroxylation is 1. The number of hydrogen-bond acceptors (Lipinski definition) is 6. The average Bonchev–Trinajstić information content (AvgIpc) is 2.95. The van der Waals surface area contributed by atoms with Crippen molar-refractivity contribution in [1.29, 1.82) is 0 Å². The minimum Gasteiger partial charge on any atom is -0.548 e. The summed E-state index contributed by atoms with van der Waals surface area (Å²) < 4.78 is 33.6. The van der Waals surface area contributed by atoms with Gasteiger partial charge in [0, 0.05) is 44.5 Å². The molecule has 1 amide bonds. The first kappa shape index (κ1) is 34.8. The van der Waals surface area contributed by atoms with Gasteiger partial charge in [-0.2, -0.15) is 11.8 Å². The van der Waals surface area contributed by atoms with Crippen LogP contribution in [-0.4, -0.2) is 54.6 Å². The number of hydrogen-bond donors (Lipinski definition) is 1. The van der Waals surface area contributed by atoms with Crippen LogP contribution in [0.2, 0.25) is 0 Å². The number of amides is 1. The maximum Gasteiger partial charge on any atom is 1.00 e. The normalized spacial score (nSPS) is 14.3. The van der Waals surface area contributed by atoms with Crippen LogP contribution < -0.4 is 29.3 Å². The van der Waals surface area contributed by atoms with Crippen LogP contribution >= 0.6 is 11.8 Å². The largest absolute Gasteiger partial charge is 1.00 e. The molecule has 0 aromatic heterocycles. The molecule has 3 aromatic rings. The van der Waals surface area contributed by atoms with E-state index in [-0.39, 0.29) is 25.3 Å². The van der Waals surface area contributed by atoms with E-state index in [1.54, 1.807) is 6.07 Å². The fourth-order valence-electron chi connectivity index (χ4n) is 5.40. The molecule has 1 fully saturated rings. The van der Waals surface area contributed by atoms with E-state index >= 15 is 0 Å². The molecule has 6 nitrogen and oxygen atoms in total. The molecule has 43 heavy (non-hydrogen) atoms. The number of carboxylic acids is 1. The van der Waals surface area contributed by atoms with Crippen molar-refractivity contribution in [3.05, 3.63) is 94.6 Å². The molecule has 1 atom stereocenters. The zero-order valence-electron chi connectivity index (χ0n) is 25.0. The molecule has 1 aliphatic rings. The van der Waals surface area contributed by atoms with Gasteiger partial charge in [-0.25, -0.2) is 8.78 Å². The van der Waals surface area contributed by atoms with E-state index in [1.807, 2.05) is 49.6 Å². The summed E-state index contributed by atoms with van der Waals surface area (Å²) in [6.45, 7) is 4.92. The zero-order valence-corrected chi connectivity index (χ0v) is 25.9. The number of carbonyl (C=O) groups excluding carboxylic acids is 2. The number of carbonyl (C=O) groups is 2. The summed E-state index contributed by atoms with van der Waals surface area (Å²) in [6, 6.07) is 15.7. The second-order valence-corrected chi connectivity index (χ2v) is 11.8. The first-order valence-corrected chi connectivity index (χ1v) is 15.6. The van der Waals surface area contributed by atoms with Crippen LogP contribution in [-0.2, 0) is 22.6 Å². The summed E-state index contributed by atoms with van der Waals surface area (Å²) in [4.78, 5) is 27.3. The SMILES string of the molecule is CSCC[C@H](NC(=O)c1ccc(CN(Cc2cc(F)cc(F)c2)CC2CCOCC2)cc1-c1ccccc1C)C(=O)[O-].[Li+]. The van der Waals surface area contributed by atoms with Crippen molar-refractivity contribution < 1.29 is 47.1 Å². The molecule has 1 aliphatic heterocycles. The number of rotatable bonds is 13. The molecule has 10 heteroatoms. The van der Waals surface area contributed by atoms with Crippen LogP contribution in [0.25, 0.3) is 11.1 Å². The number of halogens is 2. The van der Waals surface area contributed by atoms with Crippen molar-refractivity contribution in [1.82, 2.24) is 10.2 Å². The van der Waals surface area contributed by atoms with Gasteiger partial charge in [0.15, 0.2) is 0 Å². The number of aliphatic carboxylic acids is 1. The maximum atomic E-state index is 14.0. The van der Waals surface area contributed by atoms with Crippen LogP contribution in [0.15, 0.2) is 60.7 Å². The molecule has 0 radical (unpaired) electrons. The molecule has 0 unspecified atom stereocenters. The Labute approximate surface area is 268 Å². The first-order chi connectivity index (χ1) is 20.2. The molecular formula is C33H37F2LiN2O4S. The van der Waals surface area contributed by atoms with Crippen molar-refractivity contribution >= 4 is 23.6 Å². The Morgan fingerprint density at radius 1 is 1.00 bits per heavy atom. The summed E-state index contributed by atoms with van der Waals surface area (Å²) in [5, 5.41) is 14.4. The van der Waals surface area contributed by atoms with E-state index in [0.29, 0.717) is 54.7 Å². The molecule has 1 N–H and O–H groups in total. The topological polar surface area (TPSA) is 81.7 Å². The zero-order chi connectivity index (χ0) is 30.1. The van der Waals surface area contributed by atoms with Crippen LogP contribution in [0.1, 0.15) is 46.3 Å². The molecule has 0 saturated carbocycles. The summed E-state index contributed by atoms with van der Waals surface area (Å²) in [7, 11) is 0. The second-order valence-electron chi connectivity index (χ2n) is 10.8. The Hall–Kier alpha value is -2.67. The van der Waals surface area contributed by atoms with E-state index in [1.165, 1.54) is 23.9 Å². The van der Waals surface area contributed by atoms with Crippen LogP contribution in [0.4, 0.5) is 8.78 Å². The van der Waals surface area contributed by atoms with Gasteiger partial charge < -0.3 is 20.0 Å². The molecule has 4 rings (SSSR count). The van der Waals surface area contributed by atoms with Gasteiger partial charge in [-0.15, -0.1) is 0 Å². The fourth-order valence-corrected chi connectivity index (χ4v) is 5.88. The Morgan fingerprint density at radius 2 is 1.67 bits per heavy atom. The number of thioether (sulfide) groups is 1. The van der Waals surface area contributed by atoms with Gasteiger partial charge in [0.05, 0.1) is 12.0 Å². The predicted octanol–water partition coefficient (Wildman–Crippen LogP) is 1.97. The van der Waals surface area contributed by atoms with E-state index in [4.69, 9.17) is 4.74 Å². The average molecular weight is 603 g/mol. The van der Waals surface area contributed by atoms with E-state index < -0.39 is 29.6 Å². The van der Waals surface area contributed by atoms with E-state index in [9.17, 15) is 23.5 Å². The van der Waals surface area contributed by atoms with Gasteiger partial charge in [-0.3, -0.25) is 9.69 Å². The van der Waals surface area contributed by atoms with Gasteiger partial charge in [-0.05, 0) is 96.2 Å². The third-order valence-corrected chi connectivity index (χ3v) is 8.20. The van der Waals surface area contributed by atoms with E-state index in [2.05, 4.69) is 10.2 Å². The third kappa shape index (κ3) is 10.2. The van der Waals surface area contributed by atoms with Crippen LogP contribution in [0.3, 0.4) is 0 Å². The first-order valence-electron chi connectivity index (χ1n) is 14.2. The van der Waals surface area contributed by atoms with Crippen molar-refractivity contribution in [2.24, 2.45) is 5.92 Å². The van der Waals surface area contributed by atoms with Crippen molar-refractivity contribution in [2.45, 2.75) is 45.3 Å². The second kappa shape index (κ2) is 17.0. The summed E-state index contributed by atoms with van der Waals surface area (Å²) in [5.41, 5.74) is 4.36. The molecule has 1 heterocycles. The number of nitrogens with one attached hydrogen (secondary N) is 1. The van der Waals surface area contributed by atoms with Crippen molar-refractivity contribution in [3.63, 3.8) is 0 Å².